The lowest BCUT2D eigenvalue weighted by Crippen LogP contribution is -2.14. The molecule has 1 aliphatic carbocycles. The lowest BCUT2D eigenvalue weighted by molar-refractivity contribution is -0.117. The lowest BCUT2D eigenvalue weighted by atomic mass is 10.1. The van der Waals surface area contributed by atoms with Crippen molar-refractivity contribution in [3.05, 3.63) is 54.0 Å². The van der Waals surface area contributed by atoms with Gasteiger partial charge in [-0.1, -0.05) is 12.1 Å². The van der Waals surface area contributed by atoms with E-state index in [4.69, 9.17) is 4.42 Å². The highest BCUT2D eigenvalue weighted by molar-refractivity contribution is 5.98. The number of furan rings is 1. The minimum absolute atomic E-state index is 0.0130. The van der Waals surface area contributed by atoms with Gasteiger partial charge in [0.1, 0.15) is 5.76 Å². The third-order valence-corrected chi connectivity index (χ3v) is 3.57. The molecule has 1 aromatic heterocycles. The molecular formula is C16H15NO3. The number of benzene rings is 1. The van der Waals surface area contributed by atoms with Crippen LogP contribution in [0.1, 0.15) is 35.4 Å². The van der Waals surface area contributed by atoms with Gasteiger partial charge in [-0.2, -0.15) is 0 Å². The molecule has 1 N–H and O–H groups in total. The molecule has 3 rings (SSSR count). The maximum absolute atomic E-state index is 12.1. The Kier molecular flexibility index (Phi) is 3.14. The molecule has 0 saturated heterocycles. The zero-order valence-electron chi connectivity index (χ0n) is 11.1. The number of rotatable bonds is 4. The highest BCUT2D eigenvalue weighted by Gasteiger charge is 2.45. The summed E-state index contributed by atoms with van der Waals surface area (Å²) >= 11 is 0. The maximum atomic E-state index is 12.1. The van der Waals surface area contributed by atoms with E-state index in [0.29, 0.717) is 11.3 Å². The van der Waals surface area contributed by atoms with Crippen molar-refractivity contribution >= 4 is 17.4 Å². The first kappa shape index (κ1) is 12.7. The number of nitrogens with one attached hydrogen (secondary N) is 1. The van der Waals surface area contributed by atoms with Crippen molar-refractivity contribution < 1.29 is 14.0 Å². The molecule has 4 nitrogen and oxygen atoms in total. The average molecular weight is 269 g/mol. The van der Waals surface area contributed by atoms with E-state index in [1.165, 1.54) is 6.92 Å². The number of hydrogen-bond donors (Lipinski definition) is 1. The Morgan fingerprint density at radius 2 is 2.10 bits per heavy atom. The fraction of sp³-hybridized carbons (Fsp3) is 0.250. The molecule has 0 aliphatic heterocycles. The van der Waals surface area contributed by atoms with Gasteiger partial charge in [-0.05, 0) is 37.6 Å². The molecule has 1 amide bonds. The molecule has 1 fully saturated rings. The van der Waals surface area contributed by atoms with E-state index in [-0.39, 0.29) is 23.5 Å². The van der Waals surface area contributed by atoms with E-state index in [9.17, 15) is 9.59 Å². The van der Waals surface area contributed by atoms with Crippen LogP contribution in [0.25, 0.3) is 0 Å². The summed E-state index contributed by atoms with van der Waals surface area (Å²) in [4.78, 5) is 23.4. The number of Topliss-reactive ketones (excluding diaryl/α,β-unsaturated/α-hetero) is 1. The Morgan fingerprint density at radius 1 is 1.25 bits per heavy atom. The van der Waals surface area contributed by atoms with Crippen molar-refractivity contribution in [2.75, 3.05) is 5.32 Å². The molecule has 2 unspecified atom stereocenters. The van der Waals surface area contributed by atoms with Crippen LogP contribution in [-0.2, 0) is 4.79 Å². The Hall–Kier alpha value is -2.36. The molecule has 1 aromatic carbocycles. The number of carbonyl (C=O) groups excluding carboxylic acids is 2. The maximum Gasteiger partial charge on any atom is 0.228 e. The van der Waals surface area contributed by atoms with E-state index in [1.807, 2.05) is 12.1 Å². The van der Waals surface area contributed by atoms with Crippen LogP contribution in [0.5, 0.6) is 0 Å². The predicted molar refractivity (Wildman–Crippen MR) is 74.6 cm³/mol. The molecule has 1 aliphatic rings. The van der Waals surface area contributed by atoms with Crippen LogP contribution in [0.15, 0.2) is 47.1 Å². The van der Waals surface area contributed by atoms with Crippen LogP contribution in [0.4, 0.5) is 5.69 Å². The predicted octanol–water partition coefficient (Wildman–Crippen LogP) is 3.22. The summed E-state index contributed by atoms with van der Waals surface area (Å²) in [5.74, 6) is 0.971. The van der Waals surface area contributed by atoms with Gasteiger partial charge in [-0.3, -0.25) is 9.59 Å². The van der Waals surface area contributed by atoms with Crippen molar-refractivity contribution in [3.8, 4) is 0 Å². The fourth-order valence-electron chi connectivity index (χ4n) is 2.35. The van der Waals surface area contributed by atoms with Crippen LogP contribution < -0.4 is 5.32 Å². The molecule has 2 aromatic rings. The van der Waals surface area contributed by atoms with E-state index >= 15 is 0 Å². The zero-order valence-corrected chi connectivity index (χ0v) is 11.1. The molecule has 0 bridgehead atoms. The molecule has 1 heterocycles. The molecule has 4 heteroatoms. The zero-order chi connectivity index (χ0) is 14.1. The lowest BCUT2D eigenvalue weighted by Gasteiger charge is -2.05. The van der Waals surface area contributed by atoms with Crippen LogP contribution in [0.3, 0.4) is 0 Å². The van der Waals surface area contributed by atoms with E-state index in [0.717, 1.165) is 12.2 Å². The molecule has 0 radical (unpaired) electrons. The van der Waals surface area contributed by atoms with Gasteiger partial charge >= 0.3 is 0 Å². The number of amides is 1. The van der Waals surface area contributed by atoms with Gasteiger partial charge in [0, 0.05) is 23.1 Å². The highest BCUT2D eigenvalue weighted by atomic mass is 16.3. The van der Waals surface area contributed by atoms with Crippen molar-refractivity contribution in [2.24, 2.45) is 5.92 Å². The largest absolute Gasteiger partial charge is 0.469 e. The summed E-state index contributed by atoms with van der Waals surface area (Å²) in [6.07, 6.45) is 2.44. The smallest absolute Gasteiger partial charge is 0.228 e. The Bertz CT molecular complexity index is 646. The molecule has 0 spiro atoms. The van der Waals surface area contributed by atoms with Gasteiger partial charge in [-0.25, -0.2) is 0 Å². The summed E-state index contributed by atoms with van der Waals surface area (Å²) < 4.78 is 5.31. The van der Waals surface area contributed by atoms with Gasteiger partial charge < -0.3 is 9.73 Å². The van der Waals surface area contributed by atoms with Crippen molar-refractivity contribution in [1.82, 2.24) is 0 Å². The Balaban J connectivity index is 1.66. The molecule has 2 atom stereocenters. The van der Waals surface area contributed by atoms with Crippen LogP contribution >= 0.6 is 0 Å². The quantitative estimate of drug-likeness (QED) is 0.867. The van der Waals surface area contributed by atoms with Gasteiger partial charge in [-0.15, -0.1) is 0 Å². The molecule has 1 saturated carbocycles. The highest BCUT2D eigenvalue weighted by Crippen LogP contribution is 2.48. The normalized spacial score (nSPS) is 20.4. The number of anilines is 1. The molecule has 20 heavy (non-hydrogen) atoms. The minimum Gasteiger partial charge on any atom is -0.469 e. The standard InChI is InChI=1S/C16H15NO3/c1-10(18)11-4-2-5-12(8-11)17-16(19)14-9-13(14)15-6-3-7-20-15/h2-8,13-14H,9H2,1H3,(H,17,19). The topological polar surface area (TPSA) is 59.3 Å². The molecule has 102 valence electrons. The van der Waals surface area contributed by atoms with Crippen LogP contribution in [-0.4, -0.2) is 11.7 Å². The van der Waals surface area contributed by atoms with Crippen molar-refractivity contribution in [1.29, 1.82) is 0 Å². The first-order valence-electron chi connectivity index (χ1n) is 6.60. The first-order chi connectivity index (χ1) is 9.65. The number of hydrogen-bond acceptors (Lipinski definition) is 3. The second-order valence-electron chi connectivity index (χ2n) is 5.09. The second-order valence-corrected chi connectivity index (χ2v) is 5.09. The van der Waals surface area contributed by atoms with Gasteiger partial charge in [0.05, 0.1) is 6.26 Å². The second kappa shape index (κ2) is 4.96. The number of ketones is 1. The summed E-state index contributed by atoms with van der Waals surface area (Å²) in [5, 5.41) is 2.86. The Morgan fingerprint density at radius 3 is 2.80 bits per heavy atom. The monoisotopic (exact) mass is 269 g/mol. The summed E-state index contributed by atoms with van der Waals surface area (Å²) in [6, 6.07) is 10.7. The average Bonchev–Trinajstić information content (AvgIpc) is 3.05. The van der Waals surface area contributed by atoms with Crippen molar-refractivity contribution in [3.63, 3.8) is 0 Å². The van der Waals surface area contributed by atoms with E-state index in [1.54, 1.807) is 30.5 Å². The van der Waals surface area contributed by atoms with Gasteiger partial charge in [0.25, 0.3) is 0 Å². The molecular weight excluding hydrogens is 254 g/mol. The SMILES string of the molecule is CC(=O)c1cccc(NC(=O)C2CC2c2ccco2)c1. The van der Waals surface area contributed by atoms with E-state index < -0.39 is 0 Å². The first-order valence-corrected chi connectivity index (χ1v) is 6.60. The third kappa shape index (κ3) is 2.50. The number of carbonyl (C=O) groups is 2. The third-order valence-electron chi connectivity index (χ3n) is 3.57. The van der Waals surface area contributed by atoms with Crippen LogP contribution in [0, 0.1) is 5.92 Å². The van der Waals surface area contributed by atoms with E-state index in [2.05, 4.69) is 5.32 Å². The Labute approximate surface area is 116 Å². The fourth-order valence-corrected chi connectivity index (χ4v) is 2.35. The minimum atomic E-state index is -0.0397. The van der Waals surface area contributed by atoms with Gasteiger partial charge in [0.15, 0.2) is 5.78 Å². The summed E-state index contributed by atoms with van der Waals surface area (Å²) in [6.45, 7) is 1.51. The van der Waals surface area contributed by atoms with Gasteiger partial charge in [0.2, 0.25) is 5.91 Å². The summed E-state index contributed by atoms with van der Waals surface area (Å²) in [5.41, 5.74) is 1.26. The van der Waals surface area contributed by atoms with Crippen LogP contribution in [0.2, 0.25) is 0 Å². The van der Waals surface area contributed by atoms with Crippen molar-refractivity contribution in [2.45, 2.75) is 19.3 Å². The summed E-state index contributed by atoms with van der Waals surface area (Å²) in [7, 11) is 0.